The van der Waals surface area contributed by atoms with Crippen LogP contribution in [0.1, 0.15) is 16.7 Å². The fourth-order valence-electron chi connectivity index (χ4n) is 2.27. The Kier molecular flexibility index (Phi) is 4.51. The second-order valence-corrected chi connectivity index (χ2v) is 4.91. The van der Waals surface area contributed by atoms with Crippen molar-refractivity contribution >= 4 is 5.69 Å². The summed E-state index contributed by atoms with van der Waals surface area (Å²) in [5.41, 5.74) is 4.75. The van der Waals surface area contributed by atoms with Gasteiger partial charge < -0.3 is 14.8 Å². The van der Waals surface area contributed by atoms with E-state index in [2.05, 4.69) is 37.4 Å². The van der Waals surface area contributed by atoms with Crippen LogP contribution >= 0.6 is 0 Å². The lowest BCUT2D eigenvalue weighted by molar-refractivity contribution is 0.391. The third kappa shape index (κ3) is 3.44. The van der Waals surface area contributed by atoms with Crippen LogP contribution in [0.15, 0.2) is 36.4 Å². The van der Waals surface area contributed by atoms with E-state index in [4.69, 9.17) is 9.47 Å². The van der Waals surface area contributed by atoms with Crippen LogP contribution in [-0.4, -0.2) is 14.2 Å². The maximum Gasteiger partial charge on any atom is 0.127 e. The third-order valence-electron chi connectivity index (χ3n) is 3.20. The zero-order valence-corrected chi connectivity index (χ0v) is 12.5. The number of benzene rings is 2. The lowest BCUT2D eigenvalue weighted by Crippen LogP contribution is -2.02. The second-order valence-electron chi connectivity index (χ2n) is 4.91. The van der Waals surface area contributed by atoms with Crippen LogP contribution in [0.25, 0.3) is 0 Å². The van der Waals surface area contributed by atoms with E-state index in [1.807, 2.05) is 18.2 Å². The molecule has 20 heavy (non-hydrogen) atoms. The summed E-state index contributed by atoms with van der Waals surface area (Å²) in [7, 11) is 3.33. The maximum atomic E-state index is 5.40. The van der Waals surface area contributed by atoms with Gasteiger partial charge in [0, 0.05) is 23.9 Å². The number of ether oxygens (including phenoxy) is 2. The average Bonchev–Trinajstić information content (AvgIpc) is 2.44. The molecule has 0 saturated carbocycles. The van der Waals surface area contributed by atoms with Gasteiger partial charge in [0.2, 0.25) is 0 Å². The van der Waals surface area contributed by atoms with Crippen LogP contribution in [0, 0.1) is 13.8 Å². The van der Waals surface area contributed by atoms with Crippen molar-refractivity contribution in [2.45, 2.75) is 20.4 Å². The van der Waals surface area contributed by atoms with Crippen molar-refractivity contribution in [2.75, 3.05) is 19.5 Å². The monoisotopic (exact) mass is 271 g/mol. The Balaban J connectivity index is 2.14. The lowest BCUT2D eigenvalue weighted by atomic mass is 10.1. The highest BCUT2D eigenvalue weighted by atomic mass is 16.5. The molecule has 1 N–H and O–H groups in total. The van der Waals surface area contributed by atoms with E-state index in [9.17, 15) is 0 Å². The molecule has 0 spiro atoms. The number of aryl methyl sites for hydroxylation is 2. The molecule has 106 valence electrons. The molecule has 0 aliphatic heterocycles. The summed E-state index contributed by atoms with van der Waals surface area (Å²) in [5, 5.41) is 3.43. The Morgan fingerprint density at radius 1 is 0.900 bits per heavy atom. The van der Waals surface area contributed by atoms with Crippen LogP contribution in [0.5, 0.6) is 11.5 Å². The van der Waals surface area contributed by atoms with Crippen molar-refractivity contribution in [1.29, 1.82) is 0 Å². The molecule has 0 aliphatic carbocycles. The van der Waals surface area contributed by atoms with Gasteiger partial charge >= 0.3 is 0 Å². The predicted octanol–water partition coefficient (Wildman–Crippen LogP) is 3.93. The molecule has 0 aliphatic rings. The highest BCUT2D eigenvalue weighted by Gasteiger charge is 2.05. The van der Waals surface area contributed by atoms with Crippen LogP contribution < -0.4 is 14.8 Å². The van der Waals surface area contributed by atoms with Crippen molar-refractivity contribution in [2.24, 2.45) is 0 Å². The fourth-order valence-corrected chi connectivity index (χ4v) is 2.27. The third-order valence-corrected chi connectivity index (χ3v) is 3.20. The van der Waals surface area contributed by atoms with Crippen molar-refractivity contribution in [1.82, 2.24) is 0 Å². The summed E-state index contributed by atoms with van der Waals surface area (Å²) in [6, 6.07) is 12.3. The average molecular weight is 271 g/mol. The summed E-state index contributed by atoms with van der Waals surface area (Å²) in [4.78, 5) is 0. The summed E-state index contributed by atoms with van der Waals surface area (Å²) in [6.07, 6.45) is 0. The molecule has 3 heteroatoms. The van der Waals surface area contributed by atoms with E-state index < -0.39 is 0 Å². The smallest absolute Gasteiger partial charge is 0.127 e. The van der Waals surface area contributed by atoms with E-state index in [0.29, 0.717) is 0 Å². The molecule has 0 radical (unpaired) electrons. The predicted molar refractivity (Wildman–Crippen MR) is 82.8 cm³/mol. The van der Waals surface area contributed by atoms with Gasteiger partial charge in [0.15, 0.2) is 0 Å². The molecule has 0 saturated heterocycles. The first-order valence-electron chi connectivity index (χ1n) is 6.65. The zero-order valence-electron chi connectivity index (χ0n) is 12.5. The summed E-state index contributed by atoms with van der Waals surface area (Å²) < 4.78 is 10.6. The molecule has 2 aromatic carbocycles. The number of hydrogen-bond donors (Lipinski definition) is 1. The first-order valence-corrected chi connectivity index (χ1v) is 6.65. The van der Waals surface area contributed by atoms with Crippen LogP contribution in [0.3, 0.4) is 0 Å². The van der Waals surface area contributed by atoms with Gasteiger partial charge in [0.05, 0.1) is 14.2 Å². The van der Waals surface area contributed by atoms with Gasteiger partial charge in [-0.2, -0.15) is 0 Å². The van der Waals surface area contributed by atoms with Gasteiger partial charge in [0.1, 0.15) is 11.5 Å². The summed E-state index contributed by atoms with van der Waals surface area (Å²) in [6.45, 7) is 4.92. The molecule has 0 bridgehead atoms. The Morgan fingerprint density at radius 3 is 2.20 bits per heavy atom. The minimum Gasteiger partial charge on any atom is -0.497 e. The van der Waals surface area contributed by atoms with Gasteiger partial charge in [-0.1, -0.05) is 6.07 Å². The molecular weight excluding hydrogens is 250 g/mol. The van der Waals surface area contributed by atoms with Crippen LogP contribution in [-0.2, 0) is 6.54 Å². The molecule has 0 amide bonds. The molecule has 0 atom stereocenters. The number of rotatable bonds is 5. The van der Waals surface area contributed by atoms with Crippen LogP contribution in [0.4, 0.5) is 5.69 Å². The fraction of sp³-hybridized carbons (Fsp3) is 0.294. The molecule has 2 aromatic rings. The molecule has 0 aromatic heterocycles. The SMILES string of the molecule is COc1ccc(CNc2cc(C)cc(C)c2)c(OC)c1. The zero-order chi connectivity index (χ0) is 14.5. The van der Waals surface area contributed by atoms with Crippen molar-refractivity contribution in [3.8, 4) is 11.5 Å². The van der Waals surface area contributed by atoms with Crippen molar-refractivity contribution in [3.05, 3.63) is 53.1 Å². The van der Waals surface area contributed by atoms with Gasteiger partial charge in [-0.25, -0.2) is 0 Å². The molecule has 0 fully saturated rings. The summed E-state index contributed by atoms with van der Waals surface area (Å²) >= 11 is 0. The minimum atomic E-state index is 0.718. The Hall–Kier alpha value is -2.16. The van der Waals surface area contributed by atoms with E-state index in [1.165, 1.54) is 11.1 Å². The minimum absolute atomic E-state index is 0.718. The molecule has 0 unspecified atom stereocenters. The van der Waals surface area contributed by atoms with E-state index in [1.54, 1.807) is 14.2 Å². The van der Waals surface area contributed by atoms with Crippen LogP contribution in [0.2, 0.25) is 0 Å². The van der Waals surface area contributed by atoms with Gasteiger partial charge in [-0.15, -0.1) is 0 Å². The largest absolute Gasteiger partial charge is 0.497 e. The van der Waals surface area contributed by atoms with Crippen molar-refractivity contribution < 1.29 is 9.47 Å². The quantitative estimate of drug-likeness (QED) is 0.893. The number of hydrogen-bond acceptors (Lipinski definition) is 3. The van der Waals surface area contributed by atoms with Crippen molar-refractivity contribution in [3.63, 3.8) is 0 Å². The Bertz CT molecular complexity index is 573. The molecular formula is C17H21NO2. The Labute approximate surface area is 120 Å². The number of methoxy groups -OCH3 is 2. The number of nitrogens with one attached hydrogen (secondary N) is 1. The van der Waals surface area contributed by atoms with Gasteiger partial charge in [0.25, 0.3) is 0 Å². The van der Waals surface area contributed by atoms with Gasteiger partial charge in [-0.05, 0) is 49.2 Å². The highest BCUT2D eigenvalue weighted by molar-refractivity contribution is 5.50. The van der Waals surface area contributed by atoms with Gasteiger partial charge in [-0.3, -0.25) is 0 Å². The molecule has 0 heterocycles. The lowest BCUT2D eigenvalue weighted by Gasteiger charge is -2.13. The summed E-state index contributed by atoms with van der Waals surface area (Å²) in [5.74, 6) is 1.64. The second kappa shape index (κ2) is 6.33. The normalized spacial score (nSPS) is 10.2. The molecule has 2 rings (SSSR count). The molecule has 3 nitrogen and oxygen atoms in total. The Morgan fingerprint density at radius 2 is 1.60 bits per heavy atom. The highest BCUT2D eigenvalue weighted by Crippen LogP contribution is 2.25. The topological polar surface area (TPSA) is 30.5 Å². The van der Waals surface area contributed by atoms with E-state index in [0.717, 1.165) is 29.3 Å². The first kappa shape index (κ1) is 14.3. The van der Waals surface area contributed by atoms with E-state index >= 15 is 0 Å². The first-order chi connectivity index (χ1) is 9.62. The van der Waals surface area contributed by atoms with E-state index in [-0.39, 0.29) is 0 Å². The maximum absolute atomic E-state index is 5.40. The number of anilines is 1. The standard InChI is InChI=1S/C17H21NO2/c1-12-7-13(2)9-15(8-12)18-11-14-5-6-16(19-3)10-17(14)20-4/h5-10,18H,11H2,1-4H3.